The van der Waals surface area contributed by atoms with Crippen molar-refractivity contribution in [1.82, 2.24) is 10.2 Å². The van der Waals surface area contributed by atoms with E-state index in [1.54, 1.807) is 0 Å². The third-order valence-electron chi connectivity index (χ3n) is 2.89. The van der Waals surface area contributed by atoms with Crippen molar-refractivity contribution < 1.29 is 19.5 Å². The van der Waals surface area contributed by atoms with Gasteiger partial charge in [0.15, 0.2) is 0 Å². The zero-order valence-corrected chi connectivity index (χ0v) is 11.9. The molecule has 2 amide bonds. The molecule has 1 aliphatic heterocycles. The van der Waals surface area contributed by atoms with Gasteiger partial charge in [-0.1, -0.05) is 13.3 Å². The fourth-order valence-corrected chi connectivity index (χ4v) is 2.85. The molecule has 0 aromatic rings. The molecule has 1 atom stereocenters. The van der Waals surface area contributed by atoms with Crippen LogP contribution >= 0.6 is 11.8 Å². The minimum absolute atomic E-state index is 0.151. The Labute approximate surface area is 116 Å². The molecule has 0 bridgehead atoms. The number of piperazine rings is 1. The summed E-state index contributed by atoms with van der Waals surface area (Å²) in [4.78, 5) is 35.8. The number of unbranched alkanes of at least 4 members (excludes halogenated alkanes) is 1. The Morgan fingerprint density at radius 2 is 2.26 bits per heavy atom. The Balaban J connectivity index is 2.53. The molecule has 1 unspecified atom stereocenters. The van der Waals surface area contributed by atoms with Gasteiger partial charge in [-0.05, 0) is 12.2 Å². The molecule has 6 nitrogen and oxygen atoms in total. The summed E-state index contributed by atoms with van der Waals surface area (Å²) in [5.74, 6) is -0.379. The smallest absolute Gasteiger partial charge is 0.305 e. The molecule has 1 saturated heterocycles. The molecular formula is C12H20N2O4S. The van der Waals surface area contributed by atoms with E-state index in [-0.39, 0.29) is 18.2 Å². The van der Waals surface area contributed by atoms with Gasteiger partial charge in [-0.15, -0.1) is 0 Å². The van der Waals surface area contributed by atoms with Crippen molar-refractivity contribution in [2.24, 2.45) is 0 Å². The second-order valence-corrected chi connectivity index (χ2v) is 5.50. The van der Waals surface area contributed by atoms with E-state index in [4.69, 9.17) is 5.11 Å². The molecule has 0 saturated carbocycles. The van der Waals surface area contributed by atoms with Crippen LogP contribution in [0.5, 0.6) is 0 Å². The van der Waals surface area contributed by atoms with Gasteiger partial charge in [0.05, 0.1) is 12.2 Å². The van der Waals surface area contributed by atoms with Crippen LogP contribution in [0.1, 0.15) is 26.2 Å². The first-order chi connectivity index (χ1) is 9.06. The number of hydrogen-bond acceptors (Lipinski definition) is 4. The Kier molecular flexibility index (Phi) is 6.69. The number of carbonyl (C=O) groups is 3. The van der Waals surface area contributed by atoms with Crippen molar-refractivity contribution in [3.8, 4) is 0 Å². The minimum atomic E-state index is -1.07. The van der Waals surface area contributed by atoms with Crippen LogP contribution in [0.3, 0.4) is 0 Å². The summed E-state index contributed by atoms with van der Waals surface area (Å²) in [6.45, 7) is 2.86. The molecule has 1 heterocycles. The fourth-order valence-electron chi connectivity index (χ4n) is 1.87. The summed E-state index contributed by atoms with van der Waals surface area (Å²) < 4.78 is 0. The third kappa shape index (κ3) is 5.10. The van der Waals surface area contributed by atoms with E-state index in [1.165, 1.54) is 16.7 Å². The van der Waals surface area contributed by atoms with E-state index in [9.17, 15) is 14.4 Å². The molecule has 19 heavy (non-hydrogen) atoms. The lowest BCUT2D eigenvalue weighted by atomic mass is 10.1. The SMILES string of the molecule is CCCCSCC(=O)N1CCNC(=O)C1CC(=O)O. The van der Waals surface area contributed by atoms with Gasteiger partial charge in [-0.3, -0.25) is 14.4 Å². The number of nitrogens with one attached hydrogen (secondary N) is 1. The highest BCUT2D eigenvalue weighted by Crippen LogP contribution is 2.13. The zero-order valence-electron chi connectivity index (χ0n) is 11.1. The first-order valence-corrected chi connectivity index (χ1v) is 7.58. The number of carboxylic acids is 1. The molecule has 0 spiro atoms. The van der Waals surface area contributed by atoms with Crippen molar-refractivity contribution in [3.63, 3.8) is 0 Å². The van der Waals surface area contributed by atoms with Crippen LogP contribution in [-0.2, 0) is 14.4 Å². The standard InChI is InChI=1S/C12H20N2O4S/c1-2-3-6-19-8-10(15)14-5-4-13-12(18)9(14)7-11(16)17/h9H,2-8H2,1H3,(H,13,18)(H,16,17). The van der Waals surface area contributed by atoms with E-state index in [2.05, 4.69) is 12.2 Å². The summed E-state index contributed by atoms with van der Waals surface area (Å²) in [5.41, 5.74) is 0. The number of amides is 2. The fraction of sp³-hybridized carbons (Fsp3) is 0.750. The molecule has 0 aromatic heterocycles. The lowest BCUT2D eigenvalue weighted by molar-refractivity contribution is -0.147. The second-order valence-electron chi connectivity index (χ2n) is 4.40. The van der Waals surface area contributed by atoms with Crippen LogP contribution in [0.2, 0.25) is 0 Å². The molecular weight excluding hydrogens is 268 g/mol. The summed E-state index contributed by atoms with van der Waals surface area (Å²) in [7, 11) is 0. The molecule has 1 fully saturated rings. The van der Waals surface area contributed by atoms with E-state index < -0.39 is 12.0 Å². The third-order valence-corrected chi connectivity index (χ3v) is 3.92. The maximum absolute atomic E-state index is 12.0. The van der Waals surface area contributed by atoms with Crippen molar-refractivity contribution in [3.05, 3.63) is 0 Å². The summed E-state index contributed by atoms with van der Waals surface area (Å²) in [5, 5.41) is 11.4. The first-order valence-electron chi connectivity index (χ1n) is 6.43. The van der Waals surface area contributed by atoms with Crippen LogP contribution in [0.4, 0.5) is 0 Å². The first kappa shape index (κ1) is 15.8. The topological polar surface area (TPSA) is 86.7 Å². The number of rotatable bonds is 7. The predicted octanol–water partition coefficient (Wildman–Crippen LogP) is 0.321. The molecule has 1 aliphatic rings. The average molecular weight is 288 g/mol. The number of nitrogens with zero attached hydrogens (tertiary/aromatic N) is 1. The van der Waals surface area contributed by atoms with Crippen molar-refractivity contribution >= 4 is 29.5 Å². The van der Waals surface area contributed by atoms with Gasteiger partial charge < -0.3 is 15.3 Å². The molecule has 0 radical (unpaired) electrons. The van der Waals surface area contributed by atoms with E-state index in [0.29, 0.717) is 18.8 Å². The molecule has 7 heteroatoms. The molecule has 0 aliphatic carbocycles. The zero-order chi connectivity index (χ0) is 14.3. The highest BCUT2D eigenvalue weighted by Gasteiger charge is 2.34. The van der Waals surface area contributed by atoms with Gasteiger partial charge in [0.2, 0.25) is 11.8 Å². The van der Waals surface area contributed by atoms with E-state index in [1.807, 2.05) is 0 Å². The van der Waals surface area contributed by atoms with Crippen molar-refractivity contribution in [2.75, 3.05) is 24.6 Å². The van der Waals surface area contributed by atoms with E-state index in [0.717, 1.165) is 18.6 Å². The highest BCUT2D eigenvalue weighted by molar-refractivity contribution is 7.99. The van der Waals surface area contributed by atoms with Crippen LogP contribution in [0.25, 0.3) is 0 Å². The Bertz CT molecular complexity index is 349. The van der Waals surface area contributed by atoms with Crippen LogP contribution < -0.4 is 5.32 Å². The predicted molar refractivity (Wildman–Crippen MR) is 73.0 cm³/mol. The van der Waals surface area contributed by atoms with Crippen molar-refractivity contribution in [2.45, 2.75) is 32.2 Å². The second kappa shape index (κ2) is 8.04. The monoisotopic (exact) mass is 288 g/mol. The summed E-state index contributed by atoms with van der Waals surface area (Å²) in [6.07, 6.45) is 1.79. The maximum atomic E-state index is 12.0. The van der Waals surface area contributed by atoms with Crippen molar-refractivity contribution in [1.29, 1.82) is 0 Å². The van der Waals surface area contributed by atoms with Gasteiger partial charge in [0.25, 0.3) is 0 Å². The van der Waals surface area contributed by atoms with Crippen LogP contribution in [0, 0.1) is 0 Å². The number of carboxylic acid groups (broad SMARTS) is 1. The highest BCUT2D eigenvalue weighted by atomic mass is 32.2. The van der Waals surface area contributed by atoms with Crippen LogP contribution in [0.15, 0.2) is 0 Å². The Morgan fingerprint density at radius 3 is 2.89 bits per heavy atom. The van der Waals surface area contributed by atoms with Gasteiger partial charge in [0, 0.05) is 13.1 Å². The lowest BCUT2D eigenvalue weighted by Crippen LogP contribution is -2.58. The number of aliphatic carboxylic acids is 1. The molecule has 108 valence electrons. The molecule has 0 aromatic carbocycles. The summed E-state index contributed by atoms with van der Waals surface area (Å²) in [6, 6.07) is -0.870. The number of hydrogen-bond donors (Lipinski definition) is 2. The number of carbonyl (C=O) groups excluding carboxylic acids is 2. The quantitative estimate of drug-likeness (QED) is 0.659. The number of thioether (sulfide) groups is 1. The maximum Gasteiger partial charge on any atom is 0.305 e. The van der Waals surface area contributed by atoms with Gasteiger partial charge >= 0.3 is 5.97 Å². The van der Waals surface area contributed by atoms with Gasteiger partial charge in [0.1, 0.15) is 6.04 Å². The van der Waals surface area contributed by atoms with Gasteiger partial charge in [-0.2, -0.15) is 11.8 Å². The Morgan fingerprint density at radius 1 is 1.53 bits per heavy atom. The van der Waals surface area contributed by atoms with Crippen LogP contribution in [-0.4, -0.2) is 58.4 Å². The Hall–Kier alpha value is -1.24. The minimum Gasteiger partial charge on any atom is -0.481 e. The summed E-state index contributed by atoms with van der Waals surface area (Å²) >= 11 is 1.53. The lowest BCUT2D eigenvalue weighted by Gasteiger charge is -2.34. The average Bonchev–Trinajstić information content (AvgIpc) is 2.36. The van der Waals surface area contributed by atoms with Gasteiger partial charge in [-0.25, -0.2) is 0 Å². The molecule has 2 N–H and O–H groups in total. The normalized spacial score (nSPS) is 19.1. The molecule has 1 rings (SSSR count). The largest absolute Gasteiger partial charge is 0.481 e. The van der Waals surface area contributed by atoms with E-state index >= 15 is 0 Å².